The molecule has 0 N–H and O–H groups in total. The number of aryl methyl sites for hydroxylation is 1. The summed E-state index contributed by atoms with van der Waals surface area (Å²) in [6.45, 7) is 1.95. The molecule has 96 valence electrons. The van der Waals surface area contributed by atoms with E-state index in [0.29, 0.717) is 0 Å². The van der Waals surface area contributed by atoms with Crippen molar-refractivity contribution in [1.82, 2.24) is 19.7 Å². The molecule has 3 rings (SSSR count). The number of nitrogens with zero attached hydrogens (tertiary/aromatic N) is 4. The molecule has 0 radical (unpaired) electrons. The second-order valence-corrected chi connectivity index (χ2v) is 4.30. The zero-order chi connectivity index (χ0) is 13.8. The van der Waals surface area contributed by atoms with Crippen molar-refractivity contribution in [2.45, 2.75) is 6.92 Å². The molecule has 0 atom stereocenters. The van der Waals surface area contributed by atoms with Crippen LogP contribution in [0, 0.1) is 18.8 Å². The van der Waals surface area contributed by atoms with Gasteiger partial charge < -0.3 is 0 Å². The van der Waals surface area contributed by atoms with Crippen LogP contribution >= 0.6 is 0 Å². The Morgan fingerprint density at radius 2 is 1.95 bits per heavy atom. The first-order valence-electron chi connectivity index (χ1n) is 6.22. The van der Waals surface area contributed by atoms with E-state index < -0.39 is 0 Å². The Labute approximate surface area is 117 Å². The number of hydrogen-bond donors (Lipinski definition) is 0. The van der Waals surface area contributed by atoms with Crippen molar-refractivity contribution >= 4 is 0 Å². The van der Waals surface area contributed by atoms with Crippen LogP contribution in [-0.2, 0) is 0 Å². The van der Waals surface area contributed by atoms with E-state index in [0.717, 1.165) is 22.6 Å². The van der Waals surface area contributed by atoms with Gasteiger partial charge in [0.2, 0.25) is 0 Å². The quantitative estimate of drug-likeness (QED) is 0.631. The van der Waals surface area contributed by atoms with Gasteiger partial charge in [0, 0.05) is 11.3 Å². The topological polar surface area (TPSA) is 43.6 Å². The highest BCUT2D eigenvalue weighted by Gasteiger charge is 1.97. The first-order valence-corrected chi connectivity index (χ1v) is 6.22. The minimum absolute atomic E-state index is 0.774. The fraction of sp³-hybridized carbons (Fsp3) is 0.0625. The standard InChI is InChI=1S/C16H12N4/c1-13-4-2-6-15(19-13)9-8-14-5-3-7-16(10-14)20-12-17-11-18-20/h2-7,10-12H,1H3. The Morgan fingerprint density at radius 3 is 2.75 bits per heavy atom. The van der Waals surface area contributed by atoms with Crippen molar-refractivity contribution in [2.75, 3.05) is 0 Å². The summed E-state index contributed by atoms with van der Waals surface area (Å²) in [7, 11) is 0. The van der Waals surface area contributed by atoms with Crippen LogP contribution in [0.3, 0.4) is 0 Å². The van der Waals surface area contributed by atoms with Crippen LogP contribution in [0.2, 0.25) is 0 Å². The third kappa shape index (κ3) is 2.73. The molecule has 0 aliphatic heterocycles. The second kappa shape index (κ2) is 5.37. The maximum absolute atomic E-state index is 4.36. The summed E-state index contributed by atoms with van der Waals surface area (Å²) in [4.78, 5) is 8.30. The molecule has 4 heteroatoms. The van der Waals surface area contributed by atoms with Gasteiger partial charge in [-0.05, 0) is 43.2 Å². The lowest BCUT2D eigenvalue weighted by molar-refractivity contribution is 0.878. The molecule has 1 aromatic carbocycles. The highest BCUT2D eigenvalue weighted by molar-refractivity contribution is 5.45. The molecule has 3 aromatic rings. The van der Waals surface area contributed by atoms with Gasteiger partial charge in [-0.25, -0.2) is 14.6 Å². The third-order valence-corrected chi connectivity index (χ3v) is 2.75. The molecule has 2 aromatic heterocycles. The summed E-state index contributed by atoms with van der Waals surface area (Å²) < 4.78 is 1.70. The van der Waals surface area contributed by atoms with E-state index in [2.05, 4.69) is 26.9 Å². The predicted molar refractivity (Wildman–Crippen MR) is 76.3 cm³/mol. The van der Waals surface area contributed by atoms with E-state index in [4.69, 9.17) is 0 Å². The highest BCUT2D eigenvalue weighted by Crippen LogP contribution is 2.08. The summed E-state index contributed by atoms with van der Waals surface area (Å²) in [5.41, 5.74) is 3.59. The number of aromatic nitrogens is 4. The Balaban J connectivity index is 1.91. The third-order valence-electron chi connectivity index (χ3n) is 2.75. The monoisotopic (exact) mass is 260 g/mol. The fourth-order valence-corrected chi connectivity index (χ4v) is 1.82. The zero-order valence-electron chi connectivity index (χ0n) is 11.0. The van der Waals surface area contributed by atoms with Gasteiger partial charge >= 0.3 is 0 Å². The molecule has 0 bridgehead atoms. The van der Waals surface area contributed by atoms with Gasteiger partial charge in [-0.2, -0.15) is 5.10 Å². The number of hydrogen-bond acceptors (Lipinski definition) is 3. The number of benzene rings is 1. The molecule has 0 unspecified atom stereocenters. The minimum Gasteiger partial charge on any atom is -0.245 e. The smallest absolute Gasteiger partial charge is 0.138 e. The van der Waals surface area contributed by atoms with E-state index in [-0.39, 0.29) is 0 Å². The van der Waals surface area contributed by atoms with Crippen molar-refractivity contribution in [3.05, 3.63) is 72.1 Å². The summed E-state index contributed by atoms with van der Waals surface area (Å²) >= 11 is 0. The Bertz CT molecular complexity index is 779. The zero-order valence-corrected chi connectivity index (χ0v) is 11.0. The van der Waals surface area contributed by atoms with Gasteiger partial charge in [-0.1, -0.05) is 18.1 Å². The van der Waals surface area contributed by atoms with E-state index in [9.17, 15) is 0 Å². The molecular formula is C16H12N4. The lowest BCUT2D eigenvalue weighted by Gasteiger charge is -2.00. The SMILES string of the molecule is Cc1cccc(C#Cc2cccc(-n3cncn3)c2)n1. The Kier molecular flexibility index (Phi) is 3.25. The van der Waals surface area contributed by atoms with Crippen LogP contribution in [0.15, 0.2) is 55.1 Å². The molecular weight excluding hydrogens is 248 g/mol. The molecule has 0 aliphatic rings. The molecule has 0 aliphatic carbocycles. The van der Waals surface area contributed by atoms with Crippen molar-refractivity contribution in [2.24, 2.45) is 0 Å². The second-order valence-electron chi connectivity index (χ2n) is 4.30. The minimum atomic E-state index is 0.774. The summed E-state index contributed by atoms with van der Waals surface area (Å²) in [6.07, 6.45) is 3.17. The molecule has 4 nitrogen and oxygen atoms in total. The van der Waals surface area contributed by atoms with Crippen molar-refractivity contribution < 1.29 is 0 Å². The lowest BCUT2D eigenvalue weighted by Crippen LogP contribution is -1.94. The van der Waals surface area contributed by atoms with Crippen LogP contribution in [0.25, 0.3) is 5.69 Å². The van der Waals surface area contributed by atoms with Crippen molar-refractivity contribution in [3.63, 3.8) is 0 Å². The van der Waals surface area contributed by atoms with Gasteiger partial charge in [-0.15, -0.1) is 0 Å². The van der Waals surface area contributed by atoms with Crippen LogP contribution < -0.4 is 0 Å². The maximum atomic E-state index is 4.36. The average molecular weight is 260 g/mol. The first kappa shape index (κ1) is 12.1. The van der Waals surface area contributed by atoms with Crippen LogP contribution in [0.4, 0.5) is 0 Å². The molecule has 20 heavy (non-hydrogen) atoms. The predicted octanol–water partition coefficient (Wildman–Crippen LogP) is 2.37. The lowest BCUT2D eigenvalue weighted by atomic mass is 10.2. The van der Waals surface area contributed by atoms with Gasteiger partial charge in [-0.3, -0.25) is 0 Å². The normalized spacial score (nSPS) is 9.85. The van der Waals surface area contributed by atoms with Crippen LogP contribution in [-0.4, -0.2) is 19.7 Å². The van der Waals surface area contributed by atoms with Gasteiger partial charge in [0.05, 0.1) is 5.69 Å². The molecule has 0 fully saturated rings. The Hall–Kier alpha value is -2.93. The molecule has 0 saturated carbocycles. The van der Waals surface area contributed by atoms with E-state index in [1.165, 1.54) is 6.33 Å². The molecule has 2 heterocycles. The Morgan fingerprint density at radius 1 is 1.05 bits per heavy atom. The number of pyridine rings is 1. The summed E-state index contributed by atoms with van der Waals surface area (Å²) in [5.74, 6) is 6.18. The fourth-order valence-electron chi connectivity index (χ4n) is 1.82. The van der Waals surface area contributed by atoms with Gasteiger partial charge in [0.1, 0.15) is 18.3 Å². The highest BCUT2D eigenvalue weighted by atomic mass is 15.3. The van der Waals surface area contributed by atoms with E-state index in [1.807, 2.05) is 49.4 Å². The van der Waals surface area contributed by atoms with Crippen LogP contribution in [0.5, 0.6) is 0 Å². The summed E-state index contributed by atoms with van der Waals surface area (Å²) in [5, 5.41) is 4.10. The van der Waals surface area contributed by atoms with Gasteiger partial charge in [0.15, 0.2) is 0 Å². The number of rotatable bonds is 1. The van der Waals surface area contributed by atoms with Crippen molar-refractivity contribution in [3.8, 4) is 17.5 Å². The van der Waals surface area contributed by atoms with Crippen molar-refractivity contribution in [1.29, 1.82) is 0 Å². The largest absolute Gasteiger partial charge is 0.245 e. The maximum Gasteiger partial charge on any atom is 0.138 e. The molecule has 0 spiro atoms. The van der Waals surface area contributed by atoms with Crippen LogP contribution in [0.1, 0.15) is 17.0 Å². The average Bonchev–Trinajstić information content (AvgIpc) is 3.00. The molecule has 0 saturated heterocycles. The van der Waals surface area contributed by atoms with Gasteiger partial charge in [0.25, 0.3) is 0 Å². The van der Waals surface area contributed by atoms with E-state index >= 15 is 0 Å². The summed E-state index contributed by atoms with van der Waals surface area (Å²) in [6, 6.07) is 13.7. The molecule has 0 amide bonds. The van der Waals surface area contributed by atoms with E-state index in [1.54, 1.807) is 11.0 Å². The first-order chi connectivity index (χ1) is 9.81.